The highest BCUT2D eigenvalue weighted by molar-refractivity contribution is 6.33. The number of hydrogen-bond donors (Lipinski definition) is 1. The monoisotopic (exact) mass is 276 g/mol. The van der Waals surface area contributed by atoms with E-state index >= 15 is 0 Å². The van der Waals surface area contributed by atoms with Gasteiger partial charge in [-0.25, -0.2) is 4.79 Å². The van der Waals surface area contributed by atoms with Gasteiger partial charge in [0.1, 0.15) is 5.75 Å². The second-order valence-electron chi connectivity index (χ2n) is 3.96. The Morgan fingerprint density at radius 2 is 1.95 bits per heavy atom. The number of aromatic carboxylic acids is 1. The quantitative estimate of drug-likeness (QED) is 0.914. The summed E-state index contributed by atoms with van der Waals surface area (Å²) in [4.78, 5) is 11.1. The maximum Gasteiger partial charge on any atom is 0.337 e. The van der Waals surface area contributed by atoms with E-state index in [4.69, 9.17) is 21.4 Å². The van der Waals surface area contributed by atoms with Crippen molar-refractivity contribution in [3.8, 4) is 16.9 Å². The fraction of sp³-hybridized carbons (Fsp3) is 0.133. The molecule has 2 rings (SSSR count). The van der Waals surface area contributed by atoms with Crippen molar-refractivity contribution in [1.82, 2.24) is 0 Å². The zero-order valence-electron chi connectivity index (χ0n) is 10.4. The highest BCUT2D eigenvalue weighted by Crippen LogP contribution is 2.27. The number of rotatable bonds is 4. The van der Waals surface area contributed by atoms with E-state index in [1.54, 1.807) is 18.2 Å². The number of hydrogen-bond acceptors (Lipinski definition) is 2. The van der Waals surface area contributed by atoms with Gasteiger partial charge in [0.15, 0.2) is 0 Å². The topological polar surface area (TPSA) is 46.5 Å². The second-order valence-corrected chi connectivity index (χ2v) is 4.37. The summed E-state index contributed by atoms with van der Waals surface area (Å²) in [6.45, 7) is 2.50. The number of carboxylic acids is 1. The number of carbonyl (C=O) groups is 1. The van der Waals surface area contributed by atoms with Gasteiger partial charge >= 0.3 is 5.97 Å². The van der Waals surface area contributed by atoms with E-state index in [1.165, 1.54) is 0 Å². The first-order chi connectivity index (χ1) is 9.11. The number of halogens is 1. The molecule has 0 unspecified atom stereocenters. The van der Waals surface area contributed by atoms with Crippen molar-refractivity contribution in [1.29, 1.82) is 0 Å². The molecule has 0 atom stereocenters. The Balaban J connectivity index is 2.44. The van der Waals surface area contributed by atoms with E-state index in [-0.39, 0.29) is 10.6 Å². The fourth-order valence-corrected chi connectivity index (χ4v) is 2.00. The van der Waals surface area contributed by atoms with Crippen LogP contribution in [0.1, 0.15) is 17.3 Å². The Labute approximate surface area is 116 Å². The lowest BCUT2D eigenvalue weighted by Crippen LogP contribution is -1.97. The molecule has 0 bridgehead atoms. The lowest BCUT2D eigenvalue weighted by molar-refractivity contribution is 0.0697. The zero-order valence-corrected chi connectivity index (χ0v) is 11.1. The van der Waals surface area contributed by atoms with Crippen LogP contribution in [0.4, 0.5) is 0 Å². The smallest absolute Gasteiger partial charge is 0.337 e. The molecule has 2 aromatic carbocycles. The van der Waals surface area contributed by atoms with Crippen LogP contribution >= 0.6 is 11.6 Å². The molecule has 2 aromatic rings. The van der Waals surface area contributed by atoms with Crippen molar-refractivity contribution in [2.45, 2.75) is 6.92 Å². The zero-order chi connectivity index (χ0) is 13.8. The summed E-state index contributed by atoms with van der Waals surface area (Å²) in [6, 6.07) is 12.5. The molecule has 0 amide bonds. The van der Waals surface area contributed by atoms with Crippen molar-refractivity contribution >= 4 is 17.6 Å². The van der Waals surface area contributed by atoms with Gasteiger partial charge in [-0.3, -0.25) is 0 Å². The average molecular weight is 277 g/mol. The first-order valence-electron chi connectivity index (χ1n) is 5.88. The van der Waals surface area contributed by atoms with E-state index in [0.29, 0.717) is 6.61 Å². The first kappa shape index (κ1) is 13.4. The Morgan fingerprint density at radius 1 is 1.21 bits per heavy atom. The maximum absolute atomic E-state index is 11.1. The SMILES string of the molecule is CCOc1cccc(-c2ccc(Cl)c(C(=O)O)c2)c1. The van der Waals surface area contributed by atoms with Gasteiger partial charge in [-0.15, -0.1) is 0 Å². The third kappa shape index (κ3) is 3.06. The minimum Gasteiger partial charge on any atom is -0.494 e. The van der Waals surface area contributed by atoms with Crippen LogP contribution in [0.5, 0.6) is 5.75 Å². The van der Waals surface area contributed by atoms with Crippen molar-refractivity contribution < 1.29 is 14.6 Å². The molecule has 0 aliphatic rings. The first-order valence-corrected chi connectivity index (χ1v) is 6.25. The summed E-state index contributed by atoms with van der Waals surface area (Å²) in [7, 11) is 0. The Bertz CT molecular complexity index is 608. The minimum absolute atomic E-state index is 0.0981. The summed E-state index contributed by atoms with van der Waals surface area (Å²) in [5.41, 5.74) is 1.79. The molecular weight excluding hydrogens is 264 g/mol. The third-order valence-corrected chi connectivity index (χ3v) is 3.00. The van der Waals surface area contributed by atoms with Gasteiger partial charge in [-0.2, -0.15) is 0 Å². The molecule has 4 heteroatoms. The van der Waals surface area contributed by atoms with Crippen molar-refractivity contribution in [2.24, 2.45) is 0 Å². The molecular formula is C15H13ClO3. The molecule has 0 saturated heterocycles. The third-order valence-electron chi connectivity index (χ3n) is 2.68. The van der Waals surface area contributed by atoms with E-state index < -0.39 is 5.97 Å². The van der Waals surface area contributed by atoms with Crippen molar-refractivity contribution in [2.75, 3.05) is 6.61 Å². The molecule has 0 fully saturated rings. The van der Waals surface area contributed by atoms with Gasteiger partial charge in [-0.05, 0) is 42.3 Å². The van der Waals surface area contributed by atoms with Crippen molar-refractivity contribution in [3.05, 3.63) is 53.1 Å². The van der Waals surface area contributed by atoms with Gasteiger partial charge in [0.25, 0.3) is 0 Å². The van der Waals surface area contributed by atoms with E-state index in [1.807, 2.05) is 31.2 Å². The minimum atomic E-state index is -1.03. The van der Waals surface area contributed by atoms with E-state index in [0.717, 1.165) is 16.9 Å². The average Bonchev–Trinajstić information content (AvgIpc) is 2.39. The van der Waals surface area contributed by atoms with Crippen LogP contribution in [-0.2, 0) is 0 Å². The molecule has 98 valence electrons. The van der Waals surface area contributed by atoms with Gasteiger partial charge in [0.05, 0.1) is 17.2 Å². The van der Waals surface area contributed by atoms with Gasteiger partial charge in [0.2, 0.25) is 0 Å². The molecule has 0 spiro atoms. The molecule has 0 radical (unpaired) electrons. The van der Waals surface area contributed by atoms with Crippen LogP contribution in [0, 0.1) is 0 Å². The highest BCUT2D eigenvalue weighted by atomic mass is 35.5. The van der Waals surface area contributed by atoms with Crippen molar-refractivity contribution in [3.63, 3.8) is 0 Å². The molecule has 0 aliphatic heterocycles. The van der Waals surface area contributed by atoms with Crippen LogP contribution < -0.4 is 4.74 Å². The summed E-state index contributed by atoms with van der Waals surface area (Å²) >= 11 is 5.85. The molecule has 0 heterocycles. The normalized spacial score (nSPS) is 10.2. The second kappa shape index (κ2) is 5.76. The lowest BCUT2D eigenvalue weighted by Gasteiger charge is -2.08. The van der Waals surface area contributed by atoms with Crippen LogP contribution in [0.15, 0.2) is 42.5 Å². The highest BCUT2D eigenvalue weighted by Gasteiger charge is 2.10. The molecule has 3 nitrogen and oxygen atoms in total. The predicted octanol–water partition coefficient (Wildman–Crippen LogP) is 4.10. The van der Waals surface area contributed by atoms with Crippen LogP contribution in [-0.4, -0.2) is 17.7 Å². The predicted molar refractivity (Wildman–Crippen MR) is 75.0 cm³/mol. The van der Waals surface area contributed by atoms with Crippen LogP contribution in [0.25, 0.3) is 11.1 Å². The standard InChI is InChI=1S/C15H13ClO3/c1-2-19-12-5-3-4-10(8-12)11-6-7-14(16)13(9-11)15(17)18/h3-9H,2H2,1H3,(H,17,18). The largest absolute Gasteiger partial charge is 0.494 e. The number of carboxylic acid groups (broad SMARTS) is 1. The molecule has 0 saturated carbocycles. The molecule has 0 aliphatic carbocycles. The molecule has 0 aromatic heterocycles. The van der Waals surface area contributed by atoms with Gasteiger partial charge < -0.3 is 9.84 Å². The molecule has 19 heavy (non-hydrogen) atoms. The van der Waals surface area contributed by atoms with E-state index in [2.05, 4.69) is 0 Å². The van der Waals surface area contributed by atoms with E-state index in [9.17, 15) is 4.79 Å². The lowest BCUT2D eigenvalue weighted by atomic mass is 10.0. The summed E-state index contributed by atoms with van der Waals surface area (Å²) in [5, 5.41) is 9.30. The van der Waals surface area contributed by atoms with Crippen LogP contribution in [0.2, 0.25) is 5.02 Å². The molecule has 1 N–H and O–H groups in total. The maximum atomic E-state index is 11.1. The fourth-order valence-electron chi connectivity index (χ4n) is 1.80. The Hall–Kier alpha value is -2.00. The number of benzene rings is 2. The Kier molecular flexibility index (Phi) is 4.07. The summed E-state index contributed by atoms with van der Waals surface area (Å²) in [6.07, 6.45) is 0. The summed E-state index contributed by atoms with van der Waals surface area (Å²) < 4.78 is 5.43. The van der Waals surface area contributed by atoms with Gasteiger partial charge in [0, 0.05) is 0 Å². The number of ether oxygens (including phenoxy) is 1. The van der Waals surface area contributed by atoms with Gasteiger partial charge in [-0.1, -0.05) is 29.8 Å². The van der Waals surface area contributed by atoms with Crippen LogP contribution in [0.3, 0.4) is 0 Å². The summed E-state index contributed by atoms with van der Waals surface area (Å²) in [5.74, 6) is -0.278. The Morgan fingerprint density at radius 3 is 2.63 bits per heavy atom.